The number of hydrogen-bond acceptors (Lipinski definition) is 0. The normalized spacial score (nSPS) is 8.23. The van der Waals surface area contributed by atoms with E-state index in [1.807, 2.05) is 0 Å². The van der Waals surface area contributed by atoms with Gasteiger partial charge in [-0.05, 0) is 47.5 Å². The lowest BCUT2D eigenvalue weighted by molar-refractivity contribution is 1.05. The summed E-state index contributed by atoms with van der Waals surface area (Å²) in [6.07, 6.45) is 4.57. The van der Waals surface area contributed by atoms with Crippen LogP contribution in [-0.4, -0.2) is 0 Å². The Morgan fingerprint density at radius 1 is 0.923 bits per heavy atom. The Morgan fingerprint density at radius 3 is 1.38 bits per heavy atom. The Balaban J connectivity index is 0. The van der Waals surface area contributed by atoms with Crippen LogP contribution >= 0.6 is 0 Å². The molecular weight excluding hydrogens is 156 g/mol. The third-order valence-electron chi connectivity index (χ3n) is 2.00. The molecule has 78 valence electrons. The van der Waals surface area contributed by atoms with Gasteiger partial charge in [-0.25, -0.2) is 0 Å². The van der Waals surface area contributed by atoms with Crippen molar-refractivity contribution in [3.8, 4) is 0 Å². The molecule has 0 bridgehead atoms. The van der Waals surface area contributed by atoms with Gasteiger partial charge in [0.2, 0.25) is 0 Å². The fourth-order valence-electron chi connectivity index (χ4n) is 0.762. The lowest BCUT2D eigenvalue weighted by Crippen LogP contribution is -1.73. The first-order valence-corrected chi connectivity index (χ1v) is 5.21. The summed E-state index contributed by atoms with van der Waals surface area (Å²) in [6, 6.07) is 0. The summed E-state index contributed by atoms with van der Waals surface area (Å²) in [5.74, 6) is 0. The minimum absolute atomic E-state index is 1.17. The summed E-state index contributed by atoms with van der Waals surface area (Å²) in [5, 5.41) is 0. The molecule has 0 unspecified atom stereocenters. The van der Waals surface area contributed by atoms with Gasteiger partial charge in [0, 0.05) is 0 Å². The first-order valence-electron chi connectivity index (χ1n) is 5.21. The molecule has 0 N–H and O–H groups in total. The highest BCUT2D eigenvalue weighted by Crippen LogP contribution is 2.04. The maximum absolute atomic E-state index is 2.21. The molecule has 0 rings (SSSR count). The molecule has 0 aromatic heterocycles. The van der Waals surface area contributed by atoms with E-state index in [9.17, 15) is 0 Å². The van der Waals surface area contributed by atoms with E-state index in [4.69, 9.17) is 0 Å². The molecule has 0 fully saturated rings. The van der Waals surface area contributed by atoms with Gasteiger partial charge in [-0.3, -0.25) is 0 Å². The van der Waals surface area contributed by atoms with Crippen molar-refractivity contribution in [2.24, 2.45) is 0 Å². The highest BCUT2D eigenvalue weighted by Gasteiger charge is 1.82. The van der Waals surface area contributed by atoms with Gasteiger partial charge in [0.15, 0.2) is 0 Å². The molecule has 0 saturated carbocycles. The molecule has 0 radical (unpaired) electrons. The van der Waals surface area contributed by atoms with Crippen LogP contribution in [0.4, 0.5) is 0 Å². The SMILES string of the molecule is CCC(C)=C(C)C.CCC=C(C)C. The van der Waals surface area contributed by atoms with Crippen LogP contribution in [0, 0.1) is 0 Å². The van der Waals surface area contributed by atoms with Gasteiger partial charge >= 0.3 is 0 Å². The minimum atomic E-state index is 1.17. The molecule has 0 heterocycles. The van der Waals surface area contributed by atoms with Crippen LogP contribution in [0.3, 0.4) is 0 Å². The van der Waals surface area contributed by atoms with Gasteiger partial charge in [0.05, 0.1) is 0 Å². The topological polar surface area (TPSA) is 0 Å². The second-order valence-electron chi connectivity index (χ2n) is 3.82. The second kappa shape index (κ2) is 9.57. The molecular formula is C13H26. The van der Waals surface area contributed by atoms with Gasteiger partial charge in [0.25, 0.3) is 0 Å². The van der Waals surface area contributed by atoms with E-state index in [2.05, 4.69) is 54.5 Å². The van der Waals surface area contributed by atoms with E-state index >= 15 is 0 Å². The standard InChI is InChI=1S/C7H14.C6H12/c1-5-7(4)6(2)3;1-4-5-6(2)3/h5H2,1-4H3;5H,4H2,1-3H3. The van der Waals surface area contributed by atoms with Gasteiger partial charge in [0.1, 0.15) is 0 Å². The smallest absolute Gasteiger partial charge is 0.0349 e. The van der Waals surface area contributed by atoms with Gasteiger partial charge in [-0.1, -0.05) is 36.6 Å². The predicted molar refractivity (Wildman–Crippen MR) is 64.1 cm³/mol. The van der Waals surface area contributed by atoms with Crippen molar-refractivity contribution in [1.29, 1.82) is 0 Å². The van der Waals surface area contributed by atoms with E-state index in [-0.39, 0.29) is 0 Å². The van der Waals surface area contributed by atoms with Crippen LogP contribution in [0.1, 0.15) is 61.3 Å². The van der Waals surface area contributed by atoms with Crippen molar-refractivity contribution < 1.29 is 0 Å². The van der Waals surface area contributed by atoms with Gasteiger partial charge < -0.3 is 0 Å². The molecule has 0 amide bonds. The van der Waals surface area contributed by atoms with Crippen molar-refractivity contribution in [3.05, 3.63) is 22.8 Å². The van der Waals surface area contributed by atoms with Crippen molar-refractivity contribution in [2.75, 3.05) is 0 Å². The summed E-state index contributed by atoms with van der Waals surface area (Å²) in [7, 11) is 0. The van der Waals surface area contributed by atoms with Crippen LogP contribution in [0.15, 0.2) is 22.8 Å². The van der Waals surface area contributed by atoms with E-state index in [1.54, 1.807) is 0 Å². The van der Waals surface area contributed by atoms with E-state index in [0.29, 0.717) is 0 Å². The number of allylic oxidation sites excluding steroid dienone is 4. The first-order chi connectivity index (χ1) is 5.95. The van der Waals surface area contributed by atoms with Crippen molar-refractivity contribution in [1.82, 2.24) is 0 Å². The van der Waals surface area contributed by atoms with Crippen molar-refractivity contribution >= 4 is 0 Å². The molecule has 0 aliphatic carbocycles. The minimum Gasteiger partial charge on any atom is -0.0862 e. The maximum atomic E-state index is 2.21. The fraction of sp³-hybridized carbons (Fsp3) is 0.692. The highest BCUT2D eigenvalue weighted by molar-refractivity contribution is 5.05. The molecule has 13 heavy (non-hydrogen) atoms. The van der Waals surface area contributed by atoms with Crippen LogP contribution in [0.2, 0.25) is 0 Å². The molecule has 0 aliphatic heterocycles. The largest absolute Gasteiger partial charge is 0.0862 e. The average molecular weight is 182 g/mol. The zero-order valence-electron chi connectivity index (χ0n) is 10.5. The zero-order valence-corrected chi connectivity index (χ0v) is 10.5. The Labute approximate surface area is 84.7 Å². The van der Waals surface area contributed by atoms with Crippen LogP contribution in [0.5, 0.6) is 0 Å². The summed E-state index contributed by atoms with van der Waals surface area (Å²) >= 11 is 0. The van der Waals surface area contributed by atoms with Gasteiger partial charge in [-0.2, -0.15) is 0 Å². The monoisotopic (exact) mass is 182 g/mol. The fourth-order valence-corrected chi connectivity index (χ4v) is 0.762. The molecule has 0 atom stereocenters. The molecule has 0 saturated heterocycles. The molecule has 0 spiro atoms. The maximum Gasteiger partial charge on any atom is -0.0349 e. The summed E-state index contributed by atoms with van der Waals surface area (Å²) in [6.45, 7) is 15.0. The lowest BCUT2D eigenvalue weighted by atomic mass is 10.1. The predicted octanol–water partition coefficient (Wildman–Crippen LogP) is 5.12. The highest BCUT2D eigenvalue weighted by atomic mass is 13.9. The van der Waals surface area contributed by atoms with Gasteiger partial charge in [-0.15, -0.1) is 0 Å². The van der Waals surface area contributed by atoms with Crippen molar-refractivity contribution in [2.45, 2.75) is 61.3 Å². The lowest BCUT2D eigenvalue weighted by Gasteiger charge is -1.94. The first kappa shape index (κ1) is 15.0. The number of rotatable bonds is 2. The Bertz CT molecular complexity index is 162. The second-order valence-corrected chi connectivity index (χ2v) is 3.82. The summed E-state index contributed by atoms with van der Waals surface area (Å²) < 4.78 is 0. The third kappa shape index (κ3) is 14.3. The summed E-state index contributed by atoms with van der Waals surface area (Å²) in [4.78, 5) is 0. The third-order valence-corrected chi connectivity index (χ3v) is 2.00. The van der Waals surface area contributed by atoms with E-state index in [0.717, 1.165) is 0 Å². The molecule has 0 nitrogen and oxygen atoms in total. The van der Waals surface area contributed by atoms with Crippen molar-refractivity contribution in [3.63, 3.8) is 0 Å². The van der Waals surface area contributed by atoms with Crippen LogP contribution in [0.25, 0.3) is 0 Å². The molecule has 0 aromatic carbocycles. The Hall–Kier alpha value is -0.520. The van der Waals surface area contributed by atoms with E-state index < -0.39 is 0 Å². The average Bonchev–Trinajstić information content (AvgIpc) is 2.03. The molecule has 0 aromatic rings. The Kier molecular flexibility index (Phi) is 11.0. The summed E-state index contributed by atoms with van der Waals surface area (Å²) in [5.41, 5.74) is 4.39. The molecule has 0 heteroatoms. The van der Waals surface area contributed by atoms with Crippen LogP contribution in [-0.2, 0) is 0 Å². The van der Waals surface area contributed by atoms with Crippen LogP contribution < -0.4 is 0 Å². The zero-order chi connectivity index (χ0) is 10.9. The Morgan fingerprint density at radius 2 is 1.38 bits per heavy atom. The van der Waals surface area contributed by atoms with E-state index in [1.165, 1.54) is 29.6 Å². The molecule has 0 aliphatic rings. The number of hydrogen-bond donors (Lipinski definition) is 0. The quantitative estimate of drug-likeness (QED) is 0.520.